The molecular weight excluding hydrogens is 386 g/mol. The molecule has 0 fully saturated rings. The number of anilines is 2. The van der Waals surface area contributed by atoms with Crippen LogP contribution in [0.15, 0.2) is 42.5 Å². The number of ether oxygens (including phenoxy) is 2. The van der Waals surface area contributed by atoms with E-state index in [1.54, 1.807) is 49.4 Å². The number of amides is 3. The van der Waals surface area contributed by atoms with E-state index >= 15 is 0 Å². The summed E-state index contributed by atoms with van der Waals surface area (Å²) in [6.45, 7) is 1.80. The van der Waals surface area contributed by atoms with Gasteiger partial charge in [-0.1, -0.05) is 12.1 Å². The second kappa shape index (κ2) is 10.9. The number of nitrogens with zero attached hydrogens (tertiary/aromatic N) is 2. The number of benzene rings is 2. The summed E-state index contributed by atoms with van der Waals surface area (Å²) in [4.78, 5) is 24.0. The van der Waals surface area contributed by atoms with Crippen LogP contribution in [0, 0.1) is 22.7 Å². The van der Waals surface area contributed by atoms with E-state index in [9.17, 15) is 9.59 Å². The molecule has 0 spiro atoms. The summed E-state index contributed by atoms with van der Waals surface area (Å²) in [5.74, 6) is 0.360. The summed E-state index contributed by atoms with van der Waals surface area (Å²) in [5.41, 5.74) is 2.11. The van der Waals surface area contributed by atoms with Crippen LogP contribution in [0.3, 0.4) is 0 Å². The normalized spacial score (nSPS) is 10.7. The van der Waals surface area contributed by atoms with Crippen molar-refractivity contribution in [3.63, 3.8) is 0 Å². The highest BCUT2D eigenvalue weighted by Crippen LogP contribution is 2.23. The minimum atomic E-state index is -0.622. The van der Waals surface area contributed by atoms with Gasteiger partial charge in [0, 0.05) is 17.4 Å². The second-order valence-corrected chi connectivity index (χ2v) is 6.14. The minimum absolute atomic E-state index is 0.0248. The number of methoxy groups -OCH3 is 1. The van der Waals surface area contributed by atoms with Crippen molar-refractivity contribution in [1.29, 1.82) is 10.5 Å². The Morgan fingerprint density at radius 1 is 1.10 bits per heavy atom. The smallest absolute Gasteiger partial charge is 0.407 e. The Morgan fingerprint density at radius 2 is 1.83 bits per heavy atom. The zero-order valence-electron chi connectivity index (χ0n) is 16.6. The van der Waals surface area contributed by atoms with Crippen LogP contribution < -0.4 is 20.7 Å². The molecule has 0 saturated carbocycles. The number of alkyl carbamates (subject to hydrolysis) is 1. The van der Waals surface area contributed by atoms with Crippen LogP contribution in [-0.4, -0.2) is 25.8 Å². The fourth-order valence-corrected chi connectivity index (χ4v) is 2.53. The third kappa shape index (κ3) is 6.43. The van der Waals surface area contributed by atoms with E-state index in [-0.39, 0.29) is 19.1 Å². The van der Waals surface area contributed by atoms with Crippen LogP contribution in [0.5, 0.6) is 5.75 Å². The van der Waals surface area contributed by atoms with Crippen LogP contribution in [0.2, 0.25) is 0 Å². The van der Waals surface area contributed by atoms with Crippen molar-refractivity contribution in [2.45, 2.75) is 19.4 Å². The Hall–Kier alpha value is -4.24. The highest BCUT2D eigenvalue weighted by molar-refractivity contribution is 6.00. The maximum atomic E-state index is 12.3. The Balaban J connectivity index is 1.97. The molecule has 9 nitrogen and oxygen atoms in total. The predicted octanol–water partition coefficient (Wildman–Crippen LogP) is 3.91. The molecule has 30 heavy (non-hydrogen) atoms. The Bertz CT molecular complexity index is 994. The topological polar surface area (TPSA) is 136 Å². The third-order valence-corrected chi connectivity index (χ3v) is 4.01. The minimum Gasteiger partial charge on any atom is -0.495 e. The molecule has 154 valence electrons. The van der Waals surface area contributed by atoms with Crippen LogP contribution in [-0.2, 0) is 4.74 Å². The Morgan fingerprint density at radius 3 is 2.50 bits per heavy atom. The largest absolute Gasteiger partial charge is 0.495 e. The fourth-order valence-electron chi connectivity index (χ4n) is 2.53. The lowest BCUT2D eigenvalue weighted by Crippen LogP contribution is -2.27. The van der Waals surface area contributed by atoms with E-state index in [2.05, 4.69) is 16.0 Å². The van der Waals surface area contributed by atoms with Gasteiger partial charge in [0.1, 0.15) is 18.4 Å². The average molecular weight is 407 g/mol. The molecule has 0 unspecified atom stereocenters. The lowest BCUT2D eigenvalue weighted by Gasteiger charge is -2.15. The molecule has 3 N–H and O–H groups in total. The van der Waals surface area contributed by atoms with Crippen LogP contribution in [0.4, 0.5) is 21.0 Å². The van der Waals surface area contributed by atoms with E-state index < -0.39 is 12.1 Å². The first-order valence-corrected chi connectivity index (χ1v) is 9.03. The van der Waals surface area contributed by atoms with Crippen LogP contribution in [0.1, 0.15) is 30.5 Å². The number of carbonyl (C=O) groups excluding carboxylic acids is 2. The molecule has 0 aliphatic carbocycles. The highest BCUT2D eigenvalue weighted by atomic mass is 16.5. The molecular formula is C21H21N5O4. The van der Waals surface area contributed by atoms with Gasteiger partial charge in [0.05, 0.1) is 31.2 Å². The zero-order chi connectivity index (χ0) is 21.9. The molecule has 0 aliphatic rings. The van der Waals surface area contributed by atoms with Gasteiger partial charge in [0.2, 0.25) is 0 Å². The molecule has 0 radical (unpaired) electrons. The summed E-state index contributed by atoms with van der Waals surface area (Å²) >= 11 is 0. The molecule has 1 atom stereocenters. The van der Waals surface area contributed by atoms with Gasteiger partial charge in [-0.25, -0.2) is 9.59 Å². The summed E-state index contributed by atoms with van der Waals surface area (Å²) in [5, 5.41) is 25.5. The number of hydrogen-bond donors (Lipinski definition) is 3. The van der Waals surface area contributed by atoms with Crippen molar-refractivity contribution < 1.29 is 19.1 Å². The van der Waals surface area contributed by atoms with E-state index in [4.69, 9.17) is 20.0 Å². The summed E-state index contributed by atoms with van der Waals surface area (Å²) in [6.07, 6.45) is -0.495. The number of hydrogen-bond acceptors (Lipinski definition) is 6. The lowest BCUT2D eigenvalue weighted by atomic mass is 10.1. The molecule has 9 heteroatoms. The molecule has 0 heterocycles. The summed E-state index contributed by atoms with van der Waals surface area (Å²) < 4.78 is 10.0. The lowest BCUT2D eigenvalue weighted by molar-refractivity contribution is 0.145. The zero-order valence-corrected chi connectivity index (χ0v) is 16.6. The van der Waals surface area contributed by atoms with E-state index in [0.29, 0.717) is 22.7 Å². The monoisotopic (exact) mass is 407 g/mol. The van der Waals surface area contributed by atoms with Gasteiger partial charge in [-0.05, 0) is 36.8 Å². The predicted molar refractivity (Wildman–Crippen MR) is 110 cm³/mol. The number of carbonyl (C=O) groups is 2. The third-order valence-electron chi connectivity index (χ3n) is 4.01. The van der Waals surface area contributed by atoms with Crippen molar-refractivity contribution in [3.05, 3.63) is 53.6 Å². The summed E-state index contributed by atoms with van der Waals surface area (Å²) in [6, 6.07) is 14.7. The molecule has 0 aromatic heterocycles. The number of nitriles is 2. The van der Waals surface area contributed by atoms with Gasteiger partial charge < -0.3 is 25.4 Å². The quantitative estimate of drug-likeness (QED) is 0.595. The molecule has 0 saturated heterocycles. The number of rotatable bonds is 7. The van der Waals surface area contributed by atoms with Gasteiger partial charge in [0.25, 0.3) is 0 Å². The number of urea groups is 1. The van der Waals surface area contributed by atoms with Crippen molar-refractivity contribution >= 4 is 23.5 Å². The molecule has 0 aliphatic heterocycles. The summed E-state index contributed by atoms with van der Waals surface area (Å²) in [7, 11) is 1.44. The molecule has 2 aromatic carbocycles. The van der Waals surface area contributed by atoms with Gasteiger partial charge in [-0.15, -0.1) is 0 Å². The fraction of sp³-hybridized carbons (Fsp3) is 0.238. The van der Waals surface area contributed by atoms with Crippen molar-refractivity contribution in [2.24, 2.45) is 0 Å². The van der Waals surface area contributed by atoms with Crippen molar-refractivity contribution in [3.8, 4) is 17.9 Å². The first-order valence-electron chi connectivity index (χ1n) is 9.03. The second-order valence-electron chi connectivity index (χ2n) is 6.14. The van der Waals surface area contributed by atoms with Crippen molar-refractivity contribution in [1.82, 2.24) is 5.32 Å². The Kier molecular flexibility index (Phi) is 8.04. The molecule has 0 bridgehead atoms. The van der Waals surface area contributed by atoms with Crippen molar-refractivity contribution in [2.75, 3.05) is 24.4 Å². The van der Waals surface area contributed by atoms with E-state index in [0.717, 1.165) is 5.56 Å². The standard InChI is InChI=1S/C21H21N5O4/c1-14(24-21(28)30-10-4-9-22)15-5-3-6-17(11-15)25-20(27)26-18-8-7-16(13-23)19(12-18)29-2/h3,5-8,11-12,14H,4,10H2,1-2H3,(H,24,28)(H2,25,26,27)/t14-/m0/s1. The molecule has 2 aromatic rings. The maximum Gasteiger partial charge on any atom is 0.407 e. The Labute approximate surface area is 174 Å². The first-order chi connectivity index (χ1) is 14.5. The van der Waals surface area contributed by atoms with Gasteiger partial charge in [-0.3, -0.25) is 0 Å². The average Bonchev–Trinajstić information content (AvgIpc) is 2.73. The van der Waals surface area contributed by atoms with E-state index in [1.165, 1.54) is 7.11 Å². The van der Waals surface area contributed by atoms with Gasteiger partial charge >= 0.3 is 12.1 Å². The van der Waals surface area contributed by atoms with E-state index in [1.807, 2.05) is 12.1 Å². The van der Waals surface area contributed by atoms with Gasteiger partial charge in [0.15, 0.2) is 0 Å². The van der Waals surface area contributed by atoms with Crippen LogP contribution in [0.25, 0.3) is 0 Å². The first kappa shape index (κ1) is 22.1. The highest BCUT2D eigenvalue weighted by Gasteiger charge is 2.12. The SMILES string of the molecule is COc1cc(NC(=O)Nc2cccc([C@H](C)NC(=O)OCCC#N)c2)ccc1C#N. The van der Waals surface area contributed by atoms with Gasteiger partial charge in [-0.2, -0.15) is 10.5 Å². The maximum absolute atomic E-state index is 12.3. The molecule has 3 amide bonds. The molecule has 2 rings (SSSR count). The van der Waals surface area contributed by atoms with Crippen LogP contribution >= 0.6 is 0 Å². The number of nitrogens with one attached hydrogen (secondary N) is 3.